The van der Waals surface area contributed by atoms with Crippen LogP contribution in [0.15, 0.2) is 12.3 Å². The van der Waals surface area contributed by atoms with Gasteiger partial charge >= 0.3 is 6.18 Å². The number of nitrogens with zero attached hydrogens (tertiary/aromatic N) is 1. The number of pyridine rings is 1. The summed E-state index contributed by atoms with van der Waals surface area (Å²) in [7, 11) is 0. The molecule has 0 aromatic carbocycles. The lowest BCUT2D eigenvalue weighted by Crippen LogP contribution is -2.08. The van der Waals surface area contributed by atoms with Gasteiger partial charge < -0.3 is 11.5 Å². The van der Waals surface area contributed by atoms with Crippen LogP contribution in [0, 0.1) is 0 Å². The normalized spacial score (nSPS) is 10.4. The maximum Gasteiger partial charge on any atom is 0.417 e. The minimum Gasteiger partial charge on any atom is -0.396 e. The Morgan fingerprint density at radius 1 is 1.21 bits per heavy atom. The molecule has 80 valence electrons. The van der Waals surface area contributed by atoms with Crippen LogP contribution in [0.1, 0.15) is 19.4 Å². The van der Waals surface area contributed by atoms with Crippen molar-refractivity contribution in [1.82, 2.24) is 4.98 Å². The van der Waals surface area contributed by atoms with Crippen molar-refractivity contribution in [3.05, 3.63) is 17.8 Å². The lowest BCUT2D eigenvalue weighted by atomic mass is 10.2. The molecule has 6 heteroatoms. The lowest BCUT2D eigenvalue weighted by Gasteiger charge is -2.06. The minimum absolute atomic E-state index is 0.0944. The van der Waals surface area contributed by atoms with Gasteiger partial charge in [-0.15, -0.1) is 0 Å². The molecule has 0 aliphatic heterocycles. The zero-order valence-electron chi connectivity index (χ0n) is 7.89. The number of nitrogen functional groups attached to an aromatic ring is 2. The molecule has 0 fully saturated rings. The van der Waals surface area contributed by atoms with E-state index in [1.807, 2.05) is 13.8 Å². The number of hydrogen-bond donors (Lipinski definition) is 2. The molecular formula is C8H12F3N3. The molecule has 14 heavy (non-hydrogen) atoms. The Bertz CT molecular complexity index is 296. The fraction of sp³-hybridized carbons (Fsp3) is 0.375. The molecule has 1 aromatic rings. The van der Waals surface area contributed by atoms with Gasteiger partial charge in [-0.2, -0.15) is 13.2 Å². The van der Waals surface area contributed by atoms with Gasteiger partial charge in [-0.05, 0) is 6.07 Å². The van der Waals surface area contributed by atoms with E-state index in [1.54, 1.807) is 0 Å². The molecule has 1 aromatic heterocycles. The predicted octanol–water partition coefficient (Wildman–Crippen LogP) is 2.29. The van der Waals surface area contributed by atoms with Crippen molar-refractivity contribution >= 4 is 11.5 Å². The van der Waals surface area contributed by atoms with Crippen LogP contribution >= 0.6 is 0 Å². The fourth-order valence-corrected chi connectivity index (χ4v) is 0.647. The Kier molecular flexibility index (Phi) is 4.20. The van der Waals surface area contributed by atoms with Gasteiger partial charge in [-0.25, -0.2) is 4.98 Å². The zero-order chi connectivity index (χ0) is 11.4. The second-order valence-corrected chi connectivity index (χ2v) is 2.20. The summed E-state index contributed by atoms with van der Waals surface area (Å²) in [5.41, 5.74) is 9.20. The van der Waals surface area contributed by atoms with Gasteiger partial charge in [0.25, 0.3) is 0 Å². The van der Waals surface area contributed by atoms with Crippen molar-refractivity contribution in [3.63, 3.8) is 0 Å². The molecular weight excluding hydrogens is 195 g/mol. The lowest BCUT2D eigenvalue weighted by molar-refractivity contribution is -0.137. The standard InChI is InChI=1S/C6H6F3N3.C2H6/c7-6(8,9)3-1-4(10)5(11)12-2-3;1-2/h1-2H,10H2,(H2,11,12);1-2H3. The molecule has 0 atom stereocenters. The number of anilines is 2. The highest BCUT2D eigenvalue weighted by molar-refractivity contribution is 5.58. The van der Waals surface area contributed by atoms with Gasteiger partial charge in [0.2, 0.25) is 0 Å². The Labute approximate surface area is 79.9 Å². The third-order valence-corrected chi connectivity index (χ3v) is 1.28. The van der Waals surface area contributed by atoms with Gasteiger partial charge in [0.15, 0.2) is 0 Å². The number of aromatic nitrogens is 1. The van der Waals surface area contributed by atoms with E-state index >= 15 is 0 Å². The van der Waals surface area contributed by atoms with Crippen LogP contribution in [-0.2, 0) is 6.18 Å². The van der Waals surface area contributed by atoms with Crippen molar-refractivity contribution in [2.24, 2.45) is 0 Å². The second kappa shape index (κ2) is 4.69. The summed E-state index contributed by atoms with van der Waals surface area (Å²) >= 11 is 0. The Balaban J connectivity index is 0.000000791. The summed E-state index contributed by atoms with van der Waals surface area (Å²) in [5, 5.41) is 0. The molecule has 0 aliphatic rings. The van der Waals surface area contributed by atoms with Crippen LogP contribution in [0.3, 0.4) is 0 Å². The molecule has 0 spiro atoms. The molecule has 1 heterocycles. The summed E-state index contributed by atoms with van der Waals surface area (Å²) in [6, 6.07) is 0.752. The Morgan fingerprint density at radius 3 is 2.07 bits per heavy atom. The average molecular weight is 207 g/mol. The molecule has 0 aliphatic carbocycles. The Morgan fingerprint density at radius 2 is 1.71 bits per heavy atom. The smallest absolute Gasteiger partial charge is 0.396 e. The third kappa shape index (κ3) is 3.12. The van der Waals surface area contributed by atoms with E-state index in [0.29, 0.717) is 6.20 Å². The molecule has 0 radical (unpaired) electrons. The molecule has 0 amide bonds. The first-order valence-corrected chi connectivity index (χ1v) is 3.99. The first-order valence-electron chi connectivity index (χ1n) is 3.99. The van der Waals surface area contributed by atoms with Crippen LogP contribution in [0.5, 0.6) is 0 Å². The SMILES string of the molecule is CC.Nc1cc(C(F)(F)F)cnc1N. The van der Waals surface area contributed by atoms with Crippen LogP contribution in [0.2, 0.25) is 0 Å². The molecule has 0 saturated heterocycles. The highest BCUT2D eigenvalue weighted by Gasteiger charge is 2.31. The Hall–Kier alpha value is -1.46. The topological polar surface area (TPSA) is 64.9 Å². The first-order chi connectivity index (χ1) is 6.41. The van der Waals surface area contributed by atoms with Crippen molar-refractivity contribution in [3.8, 4) is 0 Å². The summed E-state index contributed by atoms with van der Waals surface area (Å²) in [6.07, 6.45) is -3.78. The second-order valence-electron chi connectivity index (χ2n) is 2.20. The van der Waals surface area contributed by atoms with Crippen LogP contribution in [-0.4, -0.2) is 4.98 Å². The van der Waals surface area contributed by atoms with Crippen LogP contribution < -0.4 is 11.5 Å². The quantitative estimate of drug-likeness (QED) is 0.686. The largest absolute Gasteiger partial charge is 0.417 e. The summed E-state index contributed by atoms with van der Waals surface area (Å²) in [6.45, 7) is 4.00. The van der Waals surface area contributed by atoms with E-state index in [9.17, 15) is 13.2 Å². The molecule has 0 bridgehead atoms. The third-order valence-electron chi connectivity index (χ3n) is 1.28. The van der Waals surface area contributed by atoms with Crippen molar-refractivity contribution < 1.29 is 13.2 Å². The number of alkyl halides is 3. The van der Waals surface area contributed by atoms with Crippen LogP contribution in [0.25, 0.3) is 0 Å². The van der Waals surface area contributed by atoms with Gasteiger partial charge in [0.05, 0.1) is 11.3 Å². The highest BCUT2D eigenvalue weighted by atomic mass is 19.4. The van der Waals surface area contributed by atoms with Crippen molar-refractivity contribution in [2.75, 3.05) is 11.5 Å². The molecule has 0 saturated carbocycles. The van der Waals surface area contributed by atoms with Gasteiger partial charge in [-0.1, -0.05) is 13.8 Å². The molecule has 0 unspecified atom stereocenters. The summed E-state index contributed by atoms with van der Waals surface area (Å²) in [5.74, 6) is -0.0944. The summed E-state index contributed by atoms with van der Waals surface area (Å²) in [4.78, 5) is 3.28. The fourth-order valence-electron chi connectivity index (χ4n) is 0.647. The van der Waals surface area contributed by atoms with Crippen molar-refractivity contribution in [1.29, 1.82) is 0 Å². The highest BCUT2D eigenvalue weighted by Crippen LogP contribution is 2.30. The number of nitrogens with two attached hydrogens (primary N) is 2. The monoisotopic (exact) mass is 207 g/mol. The van der Waals surface area contributed by atoms with E-state index in [2.05, 4.69) is 4.98 Å². The van der Waals surface area contributed by atoms with Gasteiger partial charge in [0, 0.05) is 6.20 Å². The van der Waals surface area contributed by atoms with Gasteiger partial charge in [-0.3, -0.25) is 0 Å². The van der Waals surface area contributed by atoms with E-state index < -0.39 is 11.7 Å². The summed E-state index contributed by atoms with van der Waals surface area (Å²) < 4.78 is 35.9. The van der Waals surface area contributed by atoms with E-state index in [4.69, 9.17) is 11.5 Å². The number of halogens is 3. The minimum atomic E-state index is -4.42. The molecule has 3 nitrogen and oxygen atoms in total. The van der Waals surface area contributed by atoms with E-state index in [-0.39, 0.29) is 11.5 Å². The molecule has 1 rings (SSSR count). The predicted molar refractivity (Wildman–Crippen MR) is 49.4 cm³/mol. The zero-order valence-corrected chi connectivity index (χ0v) is 7.89. The first kappa shape index (κ1) is 12.5. The molecule has 4 N–H and O–H groups in total. The average Bonchev–Trinajstić information content (AvgIpc) is 2.11. The van der Waals surface area contributed by atoms with Crippen molar-refractivity contribution in [2.45, 2.75) is 20.0 Å². The maximum atomic E-state index is 12.0. The van der Waals surface area contributed by atoms with Crippen LogP contribution in [0.4, 0.5) is 24.7 Å². The number of rotatable bonds is 0. The maximum absolute atomic E-state index is 12.0. The van der Waals surface area contributed by atoms with Gasteiger partial charge in [0.1, 0.15) is 5.82 Å². The van der Waals surface area contributed by atoms with E-state index in [0.717, 1.165) is 6.07 Å². The number of hydrogen-bond acceptors (Lipinski definition) is 3. The van der Waals surface area contributed by atoms with E-state index in [1.165, 1.54) is 0 Å².